The molecule has 1 unspecified atom stereocenters. The number of benzene rings is 3. The number of Topliss-reactive ketones (excluding diaryl/α,β-unsaturated/α-hetero) is 1. The zero-order valence-corrected chi connectivity index (χ0v) is 22.6. The molecule has 0 bridgehead atoms. The molecule has 2 fully saturated rings. The van der Waals surface area contributed by atoms with Crippen molar-refractivity contribution in [1.82, 2.24) is 4.90 Å². The Hall–Kier alpha value is -4.10. The van der Waals surface area contributed by atoms with Crippen molar-refractivity contribution < 1.29 is 23.9 Å². The Morgan fingerprint density at radius 3 is 2.35 bits per heavy atom. The fourth-order valence-corrected chi connectivity index (χ4v) is 6.31. The highest BCUT2D eigenvalue weighted by atomic mass is 16.5. The van der Waals surface area contributed by atoms with E-state index >= 15 is 0 Å². The second-order valence-corrected chi connectivity index (χ2v) is 11.0. The lowest BCUT2D eigenvalue weighted by atomic mass is 9.93. The standard InChI is InChI=1S/C33H32N2O5/c1-34(25-8-3-2-4-9-25)29-19-31(37)35(32(29)38)26-14-11-21(12-15-26)33(39)40-20-30(36)23-13-16-28-24(18-23)17-22-7-5-6-10-27(22)28/h5-7,10-16,18,25,29H,2-4,8-9,17,19-20H2,1H3. The van der Waals surface area contributed by atoms with Gasteiger partial charge in [-0.1, -0.05) is 55.7 Å². The molecular formula is C33H32N2O5. The van der Waals surface area contributed by atoms with Crippen molar-refractivity contribution in [2.75, 3.05) is 18.6 Å². The van der Waals surface area contributed by atoms with E-state index in [-0.39, 0.29) is 36.2 Å². The number of rotatable bonds is 7. The average Bonchev–Trinajstić information content (AvgIpc) is 3.51. The third-order valence-corrected chi connectivity index (χ3v) is 8.58. The van der Waals surface area contributed by atoms with Gasteiger partial charge >= 0.3 is 5.97 Å². The maximum Gasteiger partial charge on any atom is 0.338 e. The van der Waals surface area contributed by atoms with Gasteiger partial charge in [-0.25, -0.2) is 9.69 Å². The summed E-state index contributed by atoms with van der Waals surface area (Å²) in [5.74, 6) is -1.37. The summed E-state index contributed by atoms with van der Waals surface area (Å²) in [4.78, 5) is 54.7. The highest BCUT2D eigenvalue weighted by Crippen LogP contribution is 2.37. The zero-order chi connectivity index (χ0) is 27.8. The predicted octanol–water partition coefficient (Wildman–Crippen LogP) is 5.19. The quantitative estimate of drug-likeness (QED) is 0.184. The van der Waals surface area contributed by atoms with Gasteiger partial charge in [0.25, 0.3) is 5.91 Å². The Kier molecular flexibility index (Phi) is 7.07. The predicted molar refractivity (Wildman–Crippen MR) is 151 cm³/mol. The number of carbonyl (C=O) groups is 4. The van der Waals surface area contributed by atoms with Crippen molar-refractivity contribution in [2.24, 2.45) is 0 Å². The summed E-state index contributed by atoms with van der Waals surface area (Å²) in [6.45, 7) is -0.370. The second-order valence-electron chi connectivity index (χ2n) is 11.0. The number of hydrogen-bond donors (Lipinski definition) is 0. The highest BCUT2D eigenvalue weighted by Gasteiger charge is 2.43. The molecule has 7 nitrogen and oxygen atoms in total. The molecule has 3 aliphatic rings. The van der Waals surface area contributed by atoms with E-state index in [0.717, 1.165) is 43.2 Å². The summed E-state index contributed by atoms with van der Waals surface area (Å²) >= 11 is 0. The van der Waals surface area contributed by atoms with E-state index in [1.54, 1.807) is 18.2 Å². The summed E-state index contributed by atoms with van der Waals surface area (Å²) in [6.07, 6.45) is 6.56. The van der Waals surface area contributed by atoms with E-state index in [1.807, 2.05) is 31.3 Å². The van der Waals surface area contributed by atoms with E-state index in [9.17, 15) is 19.2 Å². The zero-order valence-electron chi connectivity index (χ0n) is 22.6. The Balaban J connectivity index is 1.07. The van der Waals surface area contributed by atoms with Crippen molar-refractivity contribution >= 4 is 29.3 Å². The van der Waals surface area contributed by atoms with E-state index in [1.165, 1.54) is 34.6 Å². The van der Waals surface area contributed by atoms with E-state index < -0.39 is 12.0 Å². The number of carbonyl (C=O) groups excluding carboxylic acids is 4. The number of amides is 2. The van der Waals surface area contributed by atoms with E-state index in [2.05, 4.69) is 17.0 Å². The molecule has 1 saturated heterocycles. The minimum atomic E-state index is -0.637. The Morgan fingerprint density at radius 2 is 1.57 bits per heavy atom. The number of ketones is 1. The van der Waals surface area contributed by atoms with Crippen LogP contribution in [0.5, 0.6) is 0 Å². The lowest BCUT2D eigenvalue weighted by Gasteiger charge is -2.34. The fourth-order valence-electron chi connectivity index (χ4n) is 6.31. The summed E-state index contributed by atoms with van der Waals surface area (Å²) in [7, 11) is 1.94. The summed E-state index contributed by atoms with van der Waals surface area (Å²) in [5, 5.41) is 0. The van der Waals surface area contributed by atoms with Crippen molar-refractivity contribution in [3.8, 4) is 11.1 Å². The van der Waals surface area contributed by atoms with Crippen LogP contribution >= 0.6 is 0 Å². The van der Waals surface area contributed by atoms with Crippen LogP contribution in [0.3, 0.4) is 0 Å². The van der Waals surface area contributed by atoms with Crippen LogP contribution in [-0.4, -0.2) is 54.2 Å². The molecule has 1 atom stereocenters. The monoisotopic (exact) mass is 536 g/mol. The van der Waals surface area contributed by atoms with Gasteiger partial charge in [0.1, 0.15) is 0 Å². The van der Waals surface area contributed by atoms with Crippen molar-refractivity contribution in [3.63, 3.8) is 0 Å². The molecule has 2 aliphatic carbocycles. The normalized spacial score (nSPS) is 18.6. The smallest absolute Gasteiger partial charge is 0.338 e. The SMILES string of the molecule is CN(C1CCCCC1)C1CC(=O)N(c2ccc(C(=O)OCC(=O)c3ccc4c(c3)Cc3ccccc3-4)cc2)C1=O. The summed E-state index contributed by atoms with van der Waals surface area (Å²) in [5.41, 5.74) is 5.83. The van der Waals surface area contributed by atoms with Gasteiger partial charge < -0.3 is 4.74 Å². The van der Waals surface area contributed by atoms with Gasteiger partial charge in [-0.05, 0) is 78.9 Å². The lowest BCUT2D eigenvalue weighted by Crippen LogP contribution is -2.45. The summed E-state index contributed by atoms with van der Waals surface area (Å²) < 4.78 is 5.31. The first kappa shape index (κ1) is 26.1. The molecule has 0 spiro atoms. The van der Waals surface area contributed by atoms with Crippen molar-refractivity contribution in [3.05, 3.63) is 89.0 Å². The second kappa shape index (κ2) is 10.8. The van der Waals surface area contributed by atoms with E-state index in [4.69, 9.17) is 4.74 Å². The molecule has 0 N–H and O–H groups in total. The fraction of sp³-hybridized carbons (Fsp3) is 0.333. The maximum absolute atomic E-state index is 13.2. The van der Waals surface area contributed by atoms with Gasteiger partial charge in [0.15, 0.2) is 12.4 Å². The van der Waals surface area contributed by atoms with Crippen LogP contribution in [0, 0.1) is 0 Å². The number of likely N-dealkylation sites (N-methyl/N-ethyl adjacent to an activating group) is 1. The largest absolute Gasteiger partial charge is 0.454 e. The Morgan fingerprint density at radius 1 is 0.875 bits per heavy atom. The van der Waals surface area contributed by atoms with Crippen molar-refractivity contribution in [2.45, 2.75) is 57.0 Å². The van der Waals surface area contributed by atoms with Crippen LogP contribution in [-0.2, 0) is 20.7 Å². The van der Waals surface area contributed by atoms with Gasteiger partial charge in [-0.2, -0.15) is 0 Å². The van der Waals surface area contributed by atoms with Crippen LogP contribution in [0.1, 0.15) is 70.4 Å². The molecule has 40 heavy (non-hydrogen) atoms. The molecule has 2 amide bonds. The minimum absolute atomic E-state index is 0.159. The van der Waals surface area contributed by atoms with Crippen molar-refractivity contribution in [1.29, 1.82) is 0 Å². The molecule has 6 rings (SSSR count). The first-order valence-corrected chi connectivity index (χ1v) is 14.0. The number of esters is 1. The summed E-state index contributed by atoms with van der Waals surface area (Å²) in [6, 6.07) is 19.9. The van der Waals surface area contributed by atoms with Gasteiger partial charge in [0.05, 0.1) is 23.7 Å². The third-order valence-electron chi connectivity index (χ3n) is 8.58. The number of anilines is 1. The van der Waals surface area contributed by atoms with E-state index in [0.29, 0.717) is 17.3 Å². The first-order valence-electron chi connectivity index (χ1n) is 14.0. The molecule has 3 aromatic carbocycles. The number of fused-ring (bicyclic) bond motifs is 3. The lowest BCUT2D eigenvalue weighted by molar-refractivity contribution is -0.123. The molecule has 0 radical (unpaired) electrons. The van der Waals surface area contributed by atoms with Crippen LogP contribution in [0.2, 0.25) is 0 Å². The molecule has 1 heterocycles. The molecular weight excluding hydrogens is 504 g/mol. The maximum atomic E-state index is 13.2. The molecule has 1 saturated carbocycles. The molecule has 204 valence electrons. The van der Waals surface area contributed by atoms with Crippen LogP contribution < -0.4 is 4.90 Å². The van der Waals surface area contributed by atoms with Crippen LogP contribution in [0.4, 0.5) is 5.69 Å². The topological polar surface area (TPSA) is 84.0 Å². The molecule has 7 heteroatoms. The van der Waals surface area contributed by atoms with Crippen LogP contribution in [0.15, 0.2) is 66.7 Å². The number of hydrogen-bond acceptors (Lipinski definition) is 6. The molecule has 0 aromatic heterocycles. The third kappa shape index (κ3) is 4.86. The van der Waals surface area contributed by atoms with Gasteiger partial charge in [0, 0.05) is 11.6 Å². The Labute approximate surface area is 233 Å². The molecule has 3 aromatic rings. The highest BCUT2D eigenvalue weighted by molar-refractivity contribution is 6.22. The van der Waals surface area contributed by atoms with Crippen LogP contribution in [0.25, 0.3) is 11.1 Å². The molecule has 1 aliphatic heterocycles. The Bertz CT molecular complexity index is 1490. The van der Waals surface area contributed by atoms with Gasteiger partial charge in [-0.3, -0.25) is 19.3 Å². The van der Waals surface area contributed by atoms with Gasteiger partial charge in [0.2, 0.25) is 5.91 Å². The minimum Gasteiger partial charge on any atom is -0.454 e. The number of imide groups is 1. The first-order chi connectivity index (χ1) is 19.4. The number of nitrogens with zero attached hydrogens (tertiary/aromatic N) is 2. The number of ether oxygens (including phenoxy) is 1. The average molecular weight is 537 g/mol. The van der Waals surface area contributed by atoms with Gasteiger partial charge in [-0.15, -0.1) is 0 Å².